The normalized spacial score (nSPS) is 9.18. The van der Waals surface area contributed by atoms with Crippen molar-refractivity contribution in [1.82, 2.24) is 0 Å². The van der Waals surface area contributed by atoms with Crippen LogP contribution in [0.1, 0.15) is 5.56 Å². The maximum absolute atomic E-state index is 9.49. The second-order valence-corrected chi connectivity index (χ2v) is 2.28. The lowest BCUT2D eigenvalue weighted by Gasteiger charge is -2.03. The van der Waals surface area contributed by atoms with Crippen LogP contribution in [-0.2, 0) is 0 Å². The van der Waals surface area contributed by atoms with Crippen molar-refractivity contribution in [3.63, 3.8) is 0 Å². The van der Waals surface area contributed by atoms with Gasteiger partial charge in [-0.25, -0.2) is 0 Å². The smallest absolute Gasteiger partial charge is 0.153 e. The highest BCUT2D eigenvalue weighted by Crippen LogP contribution is 2.13. The summed E-state index contributed by atoms with van der Waals surface area (Å²) >= 11 is 0. The van der Waals surface area contributed by atoms with Gasteiger partial charge in [-0.15, -0.1) is 0 Å². The highest BCUT2D eigenvalue weighted by molar-refractivity contribution is 6.53. The number of phenols is 1. The third-order valence-electron chi connectivity index (χ3n) is 1.63. The van der Waals surface area contributed by atoms with Crippen LogP contribution >= 0.6 is 0 Å². The van der Waals surface area contributed by atoms with Crippen LogP contribution < -0.4 is 5.46 Å². The fourth-order valence-corrected chi connectivity index (χ4v) is 0.978. The van der Waals surface area contributed by atoms with E-state index in [1.165, 1.54) is 0 Å². The van der Waals surface area contributed by atoms with Gasteiger partial charge in [-0.1, -0.05) is 37.7 Å². The Morgan fingerprint density at radius 2 is 2.27 bits per heavy atom. The van der Waals surface area contributed by atoms with Gasteiger partial charge in [0.05, 0.1) is 0 Å². The SMILES string of the molecule is C=Cc1cccc([B]C)c1O. The number of rotatable bonds is 2. The minimum Gasteiger partial charge on any atom is -0.508 e. The zero-order valence-corrected chi connectivity index (χ0v) is 6.54. The maximum Gasteiger partial charge on any atom is 0.153 e. The molecule has 2 heteroatoms. The zero-order valence-electron chi connectivity index (χ0n) is 6.54. The summed E-state index contributed by atoms with van der Waals surface area (Å²) in [5.41, 5.74) is 1.63. The summed E-state index contributed by atoms with van der Waals surface area (Å²) in [6, 6.07) is 5.59. The first-order chi connectivity index (χ1) is 5.29. The van der Waals surface area contributed by atoms with Gasteiger partial charge in [0.1, 0.15) is 5.75 Å². The van der Waals surface area contributed by atoms with Crippen molar-refractivity contribution in [2.24, 2.45) is 0 Å². The van der Waals surface area contributed by atoms with Crippen molar-refractivity contribution in [2.45, 2.75) is 6.82 Å². The van der Waals surface area contributed by atoms with Crippen LogP contribution in [0.5, 0.6) is 5.75 Å². The van der Waals surface area contributed by atoms with E-state index in [0.29, 0.717) is 5.75 Å². The van der Waals surface area contributed by atoms with E-state index < -0.39 is 0 Å². The largest absolute Gasteiger partial charge is 0.508 e. The lowest BCUT2D eigenvalue weighted by Crippen LogP contribution is -2.10. The second-order valence-electron chi connectivity index (χ2n) is 2.28. The average molecular weight is 145 g/mol. The molecular weight excluding hydrogens is 135 g/mol. The Labute approximate surface area is 67.6 Å². The molecule has 0 aliphatic carbocycles. The van der Waals surface area contributed by atoms with E-state index in [2.05, 4.69) is 6.58 Å². The molecular formula is C9H10BO. The predicted octanol–water partition coefficient (Wildman–Crippen LogP) is 1.41. The summed E-state index contributed by atoms with van der Waals surface area (Å²) in [7, 11) is 1.86. The highest BCUT2D eigenvalue weighted by Gasteiger charge is 2.01. The van der Waals surface area contributed by atoms with E-state index in [1.54, 1.807) is 6.08 Å². The van der Waals surface area contributed by atoms with E-state index in [0.717, 1.165) is 11.0 Å². The van der Waals surface area contributed by atoms with Crippen molar-refractivity contribution in [2.75, 3.05) is 0 Å². The molecule has 0 saturated heterocycles. The molecule has 0 heterocycles. The number of hydrogen-bond donors (Lipinski definition) is 1. The molecule has 1 rings (SSSR count). The third-order valence-corrected chi connectivity index (χ3v) is 1.63. The van der Waals surface area contributed by atoms with Crippen LogP contribution in [-0.4, -0.2) is 12.4 Å². The van der Waals surface area contributed by atoms with E-state index in [1.807, 2.05) is 32.3 Å². The number of para-hydroxylation sites is 1. The van der Waals surface area contributed by atoms with Crippen LogP contribution in [0.4, 0.5) is 0 Å². The van der Waals surface area contributed by atoms with Gasteiger partial charge in [-0.2, -0.15) is 0 Å². The van der Waals surface area contributed by atoms with Gasteiger partial charge in [-0.05, 0) is 5.46 Å². The molecule has 11 heavy (non-hydrogen) atoms. The molecule has 0 bridgehead atoms. The Morgan fingerprint density at radius 1 is 1.55 bits per heavy atom. The summed E-state index contributed by atoms with van der Waals surface area (Å²) in [6.45, 7) is 5.48. The molecule has 0 atom stereocenters. The summed E-state index contributed by atoms with van der Waals surface area (Å²) in [6.07, 6.45) is 1.64. The third kappa shape index (κ3) is 1.45. The number of phenolic OH excluding ortho intramolecular Hbond substituents is 1. The molecule has 55 valence electrons. The van der Waals surface area contributed by atoms with Crippen molar-refractivity contribution in [3.05, 3.63) is 30.3 Å². The zero-order chi connectivity index (χ0) is 8.27. The number of hydrogen-bond acceptors (Lipinski definition) is 1. The van der Waals surface area contributed by atoms with Gasteiger partial charge in [0.15, 0.2) is 7.28 Å². The topological polar surface area (TPSA) is 20.2 Å². The molecule has 0 saturated carbocycles. The van der Waals surface area contributed by atoms with Crippen LogP contribution in [0.3, 0.4) is 0 Å². The minimum absolute atomic E-state index is 0.310. The van der Waals surface area contributed by atoms with E-state index in [4.69, 9.17) is 0 Å². The van der Waals surface area contributed by atoms with Crippen molar-refractivity contribution in [1.29, 1.82) is 0 Å². The fraction of sp³-hybridized carbons (Fsp3) is 0.111. The van der Waals surface area contributed by atoms with Gasteiger partial charge in [0.25, 0.3) is 0 Å². The molecule has 1 aromatic carbocycles. The van der Waals surface area contributed by atoms with E-state index >= 15 is 0 Å². The Kier molecular flexibility index (Phi) is 2.37. The molecule has 0 spiro atoms. The molecule has 0 amide bonds. The van der Waals surface area contributed by atoms with Gasteiger partial charge in [-0.3, -0.25) is 0 Å². The minimum atomic E-state index is 0.310. The average Bonchev–Trinajstić information content (AvgIpc) is 2.05. The van der Waals surface area contributed by atoms with Crippen molar-refractivity contribution in [3.8, 4) is 5.75 Å². The Bertz CT molecular complexity index is 268. The van der Waals surface area contributed by atoms with E-state index in [9.17, 15) is 5.11 Å². The summed E-state index contributed by atoms with van der Waals surface area (Å²) in [5, 5.41) is 9.49. The molecule has 0 aliphatic rings. The van der Waals surface area contributed by atoms with Crippen molar-refractivity contribution < 1.29 is 5.11 Å². The first kappa shape index (κ1) is 7.93. The van der Waals surface area contributed by atoms with Gasteiger partial charge < -0.3 is 5.11 Å². The maximum atomic E-state index is 9.49. The van der Waals surface area contributed by atoms with Crippen LogP contribution in [0, 0.1) is 0 Å². The first-order valence-corrected chi connectivity index (χ1v) is 3.53. The monoisotopic (exact) mass is 145 g/mol. The van der Waals surface area contributed by atoms with E-state index in [-0.39, 0.29) is 0 Å². The highest BCUT2D eigenvalue weighted by atomic mass is 16.3. The number of benzene rings is 1. The summed E-state index contributed by atoms with van der Waals surface area (Å²) in [4.78, 5) is 0. The number of aromatic hydroxyl groups is 1. The second kappa shape index (κ2) is 3.29. The predicted molar refractivity (Wildman–Crippen MR) is 49.4 cm³/mol. The standard InChI is InChI=1S/C9H10BO/c1-3-7-5-4-6-8(10-2)9(7)11/h3-6,11H,1H2,2H3. The summed E-state index contributed by atoms with van der Waals surface area (Å²) < 4.78 is 0. The van der Waals surface area contributed by atoms with Crippen LogP contribution in [0.25, 0.3) is 6.08 Å². The van der Waals surface area contributed by atoms with Crippen LogP contribution in [0.15, 0.2) is 24.8 Å². The summed E-state index contributed by atoms with van der Waals surface area (Å²) in [5.74, 6) is 0.310. The fourth-order valence-electron chi connectivity index (χ4n) is 0.978. The molecule has 1 N–H and O–H groups in total. The van der Waals surface area contributed by atoms with Crippen LogP contribution in [0.2, 0.25) is 6.82 Å². The van der Waals surface area contributed by atoms with Gasteiger partial charge in [0, 0.05) is 5.56 Å². The van der Waals surface area contributed by atoms with Gasteiger partial charge in [0.2, 0.25) is 0 Å². The lowest BCUT2D eigenvalue weighted by atomic mass is 9.72. The Morgan fingerprint density at radius 3 is 2.82 bits per heavy atom. The first-order valence-electron chi connectivity index (χ1n) is 3.53. The lowest BCUT2D eigenvalue weighted by molar-refractivity contribution is 0.478. The van der Waals surface area contributed by atoms with Gasteiger partial charge >= 0.3 is 0 Å². The van der Waals surface area contributed by atoms with Crippen molar-refractivity contribution >= 4 is 18.8 Å². The molecule has 0 fully saturated rings. The molecule has 0 unspecified atom stereocenters. The molecule has 0 aliphatic heterocycles. The molecule has 1 nitrogen and oxygen atoms in total. The Hall–Kier alpha value is -1.18. The quantitative estimate of drug-likeness (QED) is 0.623. The Balaban J connectivity index is 3.20. The molecule has 0 aromatic heterocycles. The molecule has 1 aromatic rings. The molecule has 1 radical (unpaired) electrons.